The van der Waals surface area contributed by atoms with Crippen LogP contribution in [0.1, 0.15) is 51.9 Å². The fourth-order valence-corrected chi connectivity index (χ4v) is 3.93. The highest BCUT2D eigenvalue weighted by atomic mass is 16.5. The fraction of sp³-hybridized carbons (Fsp3) is 1.00. The largest absolute Gasteiger partial charge is 0.375 e. The van der Waals surface area contributed by atoms with Gasteiger partial charge in [0.05, 0.1) is 5.60 Å². The Hall–Kier alpha value is -0.0800. The van der Waals surface area contributed by atoms with Gasteiger partial charge in [0.2, 0.25) is 0 Å². The summed E-state index contributed by atoms with van der Waals surface area (Å²) in [5, 5.41) is 3.60. The highest BCUT2D eigenvalue weighted by Crippen LogP contribution is 2.54. The van der Waals surface area contributed by atoms with E-state index >= 15 is 0 Å². The summed E-state index contributed by atoms with van der Waals surface area (Å²) < 4.78 is 6.03. The van der Waals surface area contributed by atoms with Crippen molar-refractivity contribution in [1.29, 1.82) is 0 Å². The summed E-state index contributed by atoms with van der Waals surface area (Å²) in [6.07, 6.45) is 9.43. The lowest BCUT2D eigenvalue weighted by Crippen LogP contribution is -2.51. The average Bonchev–Trinajstić information content (AvgIpc) is 2.96. The molecule has 0 aromatic carbocycles. The maximum atomic E-state index is 6.03. The maximum absolute atomic E-state index is 6.03. The van der Waals surface area contributed by atoms with Crippen LogP contribution in [0.2, 0.25) is 0 Å². The van der Waals surface area contributed by atoms with E-state index in [9.17, 15) is 0 Å². The maximum Gasteiger partial charge on any atom is 0.0685 e. The Balaban J connectivity index is 1.68. The third-order valence-corrected chi connectivity index (χ3v) is 5.37. The van der Waals surface area contributed by atoms with Gasteiger partial charge in [-0.1, -0.05) is 6.92 Å². The van der Waals surface area contributed by atoms with Crippen LogP contribution in [0.25, 0.3) is 0 Å². The van der Waals surface area contributed by atoms with E-state index in [-0.39, 0.29) is 0 Å². The van der Waals surface area contributed by atoms with E-state index in [1.54, 1.807) is 0 Å². The molecule has 3 rings (SSSR count). The molecule has 0 aromatic heterocycles. The van der Waals surface area contributed by atoms with Crippen LogP contribution in [0.5, 0.6) is 0 Å². The first kappa shape index (κ1) is 11.0. The summed E-state index contributed by atoms with van der Waals surface area (Å²) >= 11 is 0. The predicted molar refractivity (Wildman–Crippen MR) is 65.4 cm³/mol. The molecule has 92 valence electrons. The topological polar surface area (TPSA) is 21.3 Å². The van der Waals surface area contributed by atoms with Gasteiger partial charge >= 0.3 is 0 Å². The average molecular weight is 223 g/mol. The van der Waals surface area contributed by atoms with Crippen molar-refractivity contribution in [3.63, 3.8) is 0 Å². The molecule has 1 spiro atoms. The van der Waals surface area contributed by atoms with E-state index in [0.29, 0.717) is 11.0 Å². The fourth-order valence-electron chi connectivity index (χ4n) is 3.93. The smallest absolute Gasteiger partial charge is 0.0685 e. The van der Waals surface area contributed by atoms with E-state index in [1.165, 1.54) is 44.9 Å². The van der Waals surface area contributed by atoms with Crippen LogP contribution < -0.4 is 5.32 Å². The Morgan fingerprint density at radius 1 is 1.25 bits per heavy atom. The number of rotatable bonds is 3. The summed E-state index contributed by atoms with van der Waals surface area (Å²) in [5.74, 6) is 0.853. The molecule has 1 heterocycles. The van der Waals surface area contributed by atoms with Crippen molar-refractivity contribution in [3.8, 4) is 0 Å². The third kappa shape index (κ3) is 1.70. The molecule has 2 aliphatic carbocycles. The van der Waals surface area contributed by atoms with Crippen molar-refractivity contribution in [2.45, 2.75) is 63.5 Å². The first-order valence-electron chi connectivity index (χ1n) is 6.99. The molecule has 0 aromatic rings. The molecule has 2 unspecified atom stereocenters. The minimum absolute atomic E-state index is 0.309. The van der Waals surface area contributed by atoms with E-state index in [4.69, 9.17) is 4.74 Å². The summed E-state index contributed by atoms with van der Waals surface area (Å²) in [6, 6.07) is 0.730. The quantitative estimate of drug-likeness (QED) is 0.794. The van der Waals surface area contributed by atoms with Gasteiger partial charge in [-0.25, -0.2) is 0 Å². The van der Waals surface area contributed by atoms with E-state index in [0.717, 1.165) is 18.6 Å². The van der Waals surface area contributed by atoms with E-state index in [1.807, 2.05) is 0 Å². The van der Waals surface area contributed by atoms with Crippen LogP contribution in [-0.4, -0.2) is 25.3 Å². The van der Waals surface area contributed by atoms with Gasteiger partial charge in [0.25, 0.3) is 0 Å². The molecule has 0 amide bonds. The van der Waals surface area contributed by atoms with Crippen molar-refractivity contribution < 1.29 is 4.74 Å². The van der Waals surface area contributed by atoms with Crippen molar-refractivity contribution in [2.24, 2.45) is 11.3 Å². The second-order valence-corrected chi connectivity index (χ2v) is 6.56. The summed E-state index contributed by atoms with van der Waals surface area (Å²) in [7, 11) is 2.15. The summed E-state index contributed by atoms with van der Waals surface area (Å²) in [6.45, 7) is 3.45. The van der Waals surface area contributed by atoms with Crippen molar-refractivity contribution >= 4 is 0 Å². The van der Waals surface area contributed by atoms with E-state index < -0.39 is 0 Å². The van der Waals surface area contributed by atoms with Gasteiger partial charge in [0.15, 0.2) is 0 Å². The highest BCUT2D eigenvalue weighted by molar-refractivity contribution is 5.05. The SMILES string of the molecule is CNC(C1CCOC2(CCC2)C1)C1(C)CC1. The second kappa shape index (κ2) is 3.71. The number of hydrogen-bond donors (Lipinski definition) is 1. The molecule has 1 N–H and O–H groups in total. The third-order valence-electron chi connectivity index (χ3n) is 5.37. The van der Waals surface area contributed by atoms with Gasteiger partial charge < -0.3 is 10.1 Å². The van der Waals surface area contributed by atoms with Gasteiger partial charge in [0, 0.05) is 12.6 Å². The molecule has 16 heavy (non-hydrogen) atoms. The Kier molecular flexibility index (Phi) is 2.56. The molecule has 1 saturated heterocycles. The Morgan fingerprint density at radius 3 is 2.50 bits per heavy atom. The van der Waals surface area contributed by atoms with Crippen LogP contribution in [0.3, 0.4) is 0 Å². The standard InChI is InChI=1S/C14H25NO/c1-13(7-8-13)12(15-2)11-4-9-16-14(10-11)5-3-6-14/h11-12,15H,3-10H2,1-2H3. The van der Waals surface area contributed by atoms with Crippen LogP contribution in [-0.2, 0) is 4.74 Å². The predicted octanol–water partition coefficient (Wildman–Crippen LogP) is 2.72. The Morgan fingerprint density at radius 2 is 2.00 bits per heavy atom. The summed E-state index contributed by atoms with van der Waals surface area (Å²) in [5.41, 5.74) is 0.908. The molecule has 2 atom stereocenters. The van der Waals surface area contributed by atoms with Gasteiger partial charge in [-0.15, -0.1) is 0 Å². The lowest BCUT2D eigenvalue weighted by atomic mass is 9.68. The monoisotopic (exact) mass is 223 g/mol. The molecule has 3 aliphatic rings. The first-order valence-corrected chi connectivity index (χ1v) is 6.99. The minimum Gasteiger partial charge on any atom is -0.375 e. The number of nitrogens with one attached hydrogen (secondary N) is 1. The van der Waals surface area contributed by atoms with Crippen LogP contribution in [0.15, 0.2) is 0 Å². The molecule has 3 fully saturated rings. The van der Waals surface area contributed by atoms with Gasteiger partial charge in [-0.2, -0.15) is 0 Å². The molecule has 0 bridgehead atoms. The summed E-state index contributed by atoms with van der Waals surface area (Å²) in [4.78, 5) is 0. The molecule has 2 nitrogen and oxygen atoms in total. The highest BCUT2D eigenvalue weighted by Gasteiger charge is 2.51. The zero-order chi connectivity index (χ0) is 11.2. The van der Waals surface area contributed by atoms with Crippen molar-refractivity contribution in [2.75, 3.05) is 13.7 Å². The van der Waals surface area contributed by atoms with Crippen molar-refractivity contribution in [3.05, 3.63) is 0 Å². The zero-order valence-corrected chi connectivity index (χ0v) is 10.7. The molecular formula is C14H25NO. The van der Waals surface area contributed by atoms with E-state index in [2.05, 4.69) is 19.3 Å². The lowest BCUT2D eigenvalue weighted by Gasteiger charge is -2.49. The van der Waals surface area contributed by atoms with Gasteiger partial charge in [0.1, 0.15) is 0 Å². The van der Waals surface area contributed by atoms with Crippen LogP contribution in [0, 0.1) is 11.3 Å². The number of hydrogen-bond acceptors (Lipinski definition) is 2. The Bertz CT molecular complexity index is 268. The van der Waals surface area contributed by atoms with Crippen LogP contribution >= 0.6 is 0 Å². The minimum atomic E-state index is 0.309. The van der Waals surface area contributed by atoms with Gasteiger partial charge in [-0.3, -0.25) is 0 Å². The molecule has 0 radical (unpaired) electrons. The zero-order valence-electron chi connectivity index (χ0n) is 10.7. The normalized spacial score (nSPS) is 36.8. The van der Waals surface area contributed by atoms with Crippen LogP contribution in [0.4, 0.5) is 0 Å². The first-order chi connectivity index (χ1) is 7.68. The lowest BCUT2D eigenvalue weighted by molar-refractivity contribution is -0.149. The second-order valence-electron chi connectivity index (χ2n) is 6.56. The molecule has 2 heteroatoms. The molecular weight excluding hydrogens is 198 g/mol. The Labute approximate surface area is 99.1 Å². The van der Waals surface area contributed by atoms with Crippen molar-refractivity contribution in [1.82, 2.24) is 5.32 Å². The number of ether oxygens (including phenoxy) is 1. The molecule has 1 aliphatic heterocycles. The van der Waals surface area contributed by atoms with Gasteiger partial charge in [-0.05, 0) is 63.3 Å². The molecule has 2 saturated carbocycles.